The number of halogens is 1. The Balaban J connectivity index is 1.13. The molecule has 5 rings (SSSR count). The number of aromatic nitrogens is 5. The third-order valence-corrected chi connectivity index (χ3v) is 5.99. The van der Waals surface area contributed by atoms with Crippen molar-refractivity contribution >= 4 is 34.4 Å². The molecule has 0 radical (unpaired) electrons. The quantitative estimate of drug-likeness (QED) is 0.565. The van der Waals surface area contributed by atoms with Crippen LogP contribution in [-0.2, 0) is 11.3 Å². The molecule has 4 heterocycles. The van der Waals surface area contributed by atoms with E-state index in [0.29, 0.717) is 24.3 Å². The van der Waals surface area contributed by atoms with Crippen LogP contribution in [0.25, 0.3) is 11.2 Å². The minimum absolute atomic E-state index is 0.127. The smallest absolute Gasteiger partial charge is 0.223 e. The van der Waals surface area contributed by atoms with Gasteiger partial charge < -0.3 is 20.1 Å². The molecule has 1 atom stereocenters. The number of nitrogen functional groups attached to an aromatic ring is 1. The summed E-state index contributed by atoms with van der Waals surface area (Å²) in [6.07, 6.45) is 1.14. The second-order valence-electron chi connectivity index (χ2n) is 7.78. The molecule has 11 heteroatoms. The molecular weight excluding hydrogens is 420 g/mol. The topological polar surface area (TPSA) is 107 Å². The summed E-state index contributed by atoms with van der Waals surface area (Å²) in [7, 11) is 0. The summed E-state index contributed by atoms with van der Waals surface area (Å²) in [5.74, 6) is 1.03. The van der Waals surface area contributed by atoms with Crippen LogP contribution in [0, 0.1) is 0 Å². The van der Waals surface area contributed by atoms with Crippen LogP contribution in [0.3, 0.4) is 0 Å². The van der Waals surface area contributed by atoms with Gasteiger partial charge in [-0.15, -0.1) is 5.10 Å². The van der Waals surface area contributed by atoms with Crippen molar-refractivity contribution in [2.75, 3.05) is 56.6 Å². The molecule has 2 aliphatic heterocycles. The number of nitrogens with two attached hydrogens (primary N) is 1. The molecule has 0 spiro atoms. The van der Waals surface area contributed by atoms with Gasteiger partial charge in [0.05, 0.1) is 19.8 Å². The number of nitrogens with zero attached hydrogens (tertiary/aromatic N) is 7. The number of anilines is 2. The lowest BCUT2D eigenvalue weighted by atomic mass is 10.2. The van der Waals surface area contributed by atoms with Gasteiger partial charge in [0.25, 0.3) is 0 Å². The zero-order valence-corrected chi connectivity index (χ0v) is 17.9. The maximum atomic E-state index is 6.07. The van der Waals surface area contributed by atoms with Gasteiger partial charge in [0.1, 0.15) is 11.9 Å². The molecule has 164 valence electrons. The second kappa shape index (κ2) is 8.81. The number of ether oxygens (including phenoxy) is 2. The fourth-order valence-corrected chi connectivity index (χ4v) is 4.20. The molecule has 2 fully saturated rings. The molecule has 1 aromatic carbocycles. The van der Waals surface area contributed by atoms with E-state index in [1.807, 2.05) is 0 Å². The summed E-state index contributed by atoms with van der Waals surface area (Å²) in [5.41, 5.74) is 7.98. The van der Waals surface area contributed by atoms with E-state index in [4.69, 9.17) is 26.8 Å². The molecule has 2 saturated heterocycles. The molecule has 0 bridgehead atoms. The van der Waals surface area contributed by atoms with Crippen molar-refractivity contribution in [3.8, 4) is 5.75 Å². The highest BCUT2D eigenvalue weighted by molar-refractivity contribution is 6.33. The third kappa shape index (κ3) is 4.51. The lowest BCUT2D eigenvalue weighted by molar-refractivity contribution is 0.141. The standard InChI is InChI=1S/C20H25ClN8O2/c21-18-17-19(24-20(22)23-18)29(26-25-17)11-8-27-6-9-28(10-7-27)14-1-3-15(4-2-14)31-16-5-12-30-13-16/h1-4,16H,5-13H2,(H2,22,23,24)/t16-/m0/s1. The predicted octanol–water partition coefficient (Wildman–Crippen LogP) is 1.45. The van der Waals surface area contributed by atoms with Crippen LogP contribution in [0.5, 0.6) is 5.75 Å². The monoisotopic (exact) mass is 444 g/mol. The normalized spacial score (nSPS) is 19.9. The molecule has 0 saturated carbocycles. The maximum Gasteiger partial charge on any atom is 0.223 e. The lowest BCUT2D eigenvalue weighted by Gasteiger charge is -2.36. The molecular formula is C20H25ClN8O2. The fourth-order valence-electron chi connectivity index (χ4n) is 3.99. The molecule has 2 aromatic heterocycles. The van der Waals surface area contributed by atoms with Gasteiger partial charge in [-0.25, -0.2) is 4.68 Å². The van der Waals surface area contributed by atoms with Crippen LogP contribution in [-0.4, -0.2) is 81.9 Å². The van der Waals surface area contributed by atoms with Crippen LogP contribution in [0.4, 0.5) is 11.6 Å². The van der Waals surface area contributed by atoms with Gasteiger partial charge in [-0.1, -0.05) is 16.8 Å². The van der Waals surface area contributed by atoms with Gasteiger partial charge in [-0.2, -0.15) is 9.97 Å². The van der Waals surface area contributed by atoms with Crippen LogP contribution >= 0.6 is 11.6 Å². The Labute approximate surface area is 184 Å². The molecule has 2 aliphatic rings. The average molecular weight is 445 g/mol. The first kappa shape index (κ1) is 20.2. The first-order valence-corrected chi connectivity index (χ1v) is 10.9. The first-order valence-electron chi connectivity index (χ1n) is 10.5. The van der Waals surface area contributed by atoms with Crippen molar-refractivity contribution < 1.29 is 9.47 Å². The average Bonchev–Trinajstić information content (AvgIpc) is 3.43. The number of hydrogen-bond donors (Lipinski definition) is 1. The Bertz CT molecular complexity index is 1030. The summed E-state index contributed by atoms with van der Waals surface area (Å²) in [6.45, 7) is 6.87. The molecule has 0 aliphatic carbocycles. The van der Waals surface area contributed by atoms with Crippen LogP contribution in [0.2, 0.25) is 5.15 Å². The summed E-state index contributed by atoms with van der Waals surface area (Å²) >= 11 is 6.07. The number of benzene rings is 1. The van der Waals surface area contributed by atoms with Gasteiger partial charge in [-0.05, 0) is 24.3 Å². The van der Waals surface area contributed by atoms with Crippen molar-refractivity contribution in [3.63, 3.8) is 0 Å². The number of piperazine rings is 1. The van der Waals surface area contributed by atoms with E-state index in [1.54, 1.807) is 4.68 Å². The zero-order valence-electron chi connectivity index (χ0n) is 17.2. The van der Waals surface area contributed by atoms with Crippen molar-refractivity contribution in [1.29, 1.82) is 0 Å². The third-order valence-electron chi connectivity index (χ3n) is 5.73. The molecule has 0 amide bonds. The van der Waals surface area contributed by atoms with Gasteiger partial charge in [0.15, 0.2) is 16.3 Å². The van der Waals surface area contributed by atoms with Crippen molar-refractivity contribution in [1.82, 2.24) is 29.9 Å². The second-order valence-corrected chi connectivity index (χ2v) is 8.14. The van der Waals surface area contributed by atoms with Gasteiger partial charge in [-0.3, -0.25) is 4.90 Å². The summed E-state index contributed by atoms with van der Waals surface area (Å²) in [6, 6.07) is 8.37. The van der Waals surface area contributed by atoms with Gasteiger partial charge >= 0.3 is 0 Å². The summed E-state index contributed by atoms with van der Waals surface area (Å²) in [5, 5.41) is 8.46. The minimum atomic E-state index is 0.127. The van der Waals surface area contributed by atoms with Crippen molar-refractivity contribution in [2.45, 2.75) is 19.1 Å². The number of rotatable bonds is 6. The van der Waals surface area contributed by atoms with E-state index in [0.717, 1.165) is 51.5 Å². The summed E-state index contributed by atoms with van der Waals surface area (Å²) < 4.78 is 13.1. The Morgan fingerprint density at radius 3 is 2.65 bits per heavy atom. The Kier molecular flexibility index (Phi) is 5.75. The van der Waals surface area contributed by atoms with Crippen molar-refractivity contribution in [2.24, 2.45) is 0 Å². The molecule has 3 aromatic rings. The van der Waals surface area contributed by atoms with E-state index < -0.39 is 0 Å². The highest BCUT2D eigenvalue weighted by atomic mass is 35.5. The highest BCUT2D eigenvalue weighted by Crippen LogP contribution is 2.23. The van der Waals surface area contributed by atoms with Crippen LogP contribution < -0.4 is 15.4 Å². The Morgan fingerprint density at radius 2 is 1.90 bits per heavy atom. The van der Waals surface area contributed by atoms with Crippen LogP contribution in [0.1, 0.15) is 6.42 Å². The zero-order chi connectivity index (χ0) is 21.2. The SMILES string of the molecule is Nc1nc(Cl)c2nnn(CCN3CCN(c4ccc(O[C@H]5CCOC5)cc4)CC3)c2n1. The van der Waals surface area contributed by atoms with E-state index >= 15 is 0 Å². The van der Waals surface area contributed by atoms with Gasteiger partial charge in [0, 0.05) is 44.8 Å². The highest BCUT2D eigenvalue weighted by Gasteiger charge is 2.20. The largest absolute Gasteiger partial charge is 0.488 e. The van der Waals surface area contributed by atoms with E-state index in [2.05, 4.69) is 54.3 Å². The van der Waals surface area contributed by atoms with Gasteiger partial charge in [0.2, 0.25) is 5.95 Å². The molecule has 2 N–H and O–H groups in total. The Morgan fingerprint density at radius 1 is 1.10 bits per heavy atom. The molecule has 0 unspecified atom stereocenters. The Hall–Kier alpha value is -2.69. The lowest BCUT2D eigenvalue weighted by Crippen LogP contribution is -2.47. The molecule has 31 heavy (non-hydrogen) atoms. The first-order chi connectivity index (χ1) is 15.2. The fraction of sp³-hybridized carbons (Fsp3) is 0.500. The van der Waals surface area contributed by atoms with E-state index in [1.165, 1.54) is 5.69 Å². The van der Waals surface area contributed by atoms with Crippen LogP contribution in [0.15, 0.2) is 24.3 Å². The maximum absolute atomic E-state index is 6.07. The number of hydrogen-bond acceptors (Lipinski definition) is 9. The van der Waals surface area contributed by atoms with E-state index in [-0.39, 0.29) is 17.2 Å². The van der Waals surface area contributed by atoms with Crippen molar-refractivity contribution in [3.05, 3.63) is 29.4 Å². The minimum Gasteiger partial charge on any atom is -0.488 e. The number of fused-ring (bicyclic) bond motifs is 1. The van der Waals surface area contributed by atoms with E-state index in [9.17, 15) is 0 Å². The predicted molar refractivity (Wildman–Crippen MR) is 117 cm³/mol. The summed E-state index contributed by atoms with van der Waals surface area (Å²) in [4.78, 5) is 13.0. The molecule has 10 nitrogen and oxygen atoms in total.